The maximum atomic E-state index is 12.8. The zero-order valence-electron chi connectivity index (χ0n) is 15.0. The molecule has 0 fully saturated rings. The maximum Gasteiger partial charge on any atom is 0.279 e. The van der Waals surface area contributed by atoms with Crippen LogP contribution in [0.3, 0.4) is 0 Å². The summed E-state index contributed by atoms with van der Waals surface area (Å²) in [5.74, 6) is -2.16. The Kier molecular flexibility index (Phi) is 7.93. The molecule has 10 nitrogen and oxygen atoms in total. The first kappa shape index (κ1) is 24.9. The van der Waals surface area contributed by atoms with Crippen LogP contribution in [0.15, 0.2) is 36.4 Å². The van der Waals surface area contributed by atoms with Gasteiger partial charge >= 0.3 is 107 Å². The van der Waals surface area contributed by atoms with Crippen LogP contribution in [0.25, 0.3) is 0 Å². The standard InChI is InChI=1S/C9H9AsF3NO5.C7H5NO3/c1-4(15)14-6-3-2-5(10(17,18)19)7(8(6)16)9(11,12)13;9-5-6-3-1-2-4-7(6)8(10)11/h2-3,16H,1H3,(H,14,15)(H2,17,18,19);1-5H. The van der Waals surface area contributed by atoms with Gasteiger partial charge < -0.3 is 0 Å². The van der Waals surface area contributed by atoms with E-state index < -0.39 is 52.5 Å². The van der Waals surface area contributed by atoms with Gasteiger partial charge in [-0.2, -0.15) is 0 Å². The minimum Gasteiger partial charge on any atom is -0.298 e. The predicted molar refractivity (Wildman–Crippen MR) is 96.4 cm³/mol. The number of nitro groups is 1. The Morgan fingerprint density at radius 1 is 1.20 bits per heavy atom. The van der Waals surface area contributed by atoms with Crippen molar-refractivity contribution in [3.63, 3.8) is 0 Å². The zero-order chi connectivity index (χ0) is 23.3. The van der Waals surface area contributed by atoms with Crippen molar-refractivity contribution in [2.75, 3.05) is 5.32 Å². The number of hydrogen-bond acceptors (Lipinski definition) is 6. The van der Waals surface area contributed by atoms with Crippen LogP contribution < -0.4 is 9.67 Å². The fourth-order valence-corrected chi connectivity index (χ4v) is 3.81. The van der Waals surface area contributed by atoms with Gasteiger partial charge in [-0.1, -0.05) is 12.1 Å². The van der Waals surface area contributed by atoms with Gasteiger partial charge in [-0.3, -0.25) is 14.9 Å². The number of aromatic hydroxyl groups is 1. The van der Waals surface area contributed by atoms with Crippen molar-refractivity contribution in [2.45, 2.75) is 13.1 Å². The normalized spacial score (nSPS) is 11.1. The number of rotatable bonds is 4. The monoisotopic (exact) mass is 494 g/mol. The summed E-state index contributed by atoms with van der Waals surface area (Å²) in [5.41, 5.74) is -2.46. The number of carbonyl (C=O) groups excluding carboxylic acids is 2. The van der Waals surface area contributed by atoms with E-state index in [9.17, 15) is 41.7 Å². The molecule has 0 radical (unpaired) electrons. The second-order valence-electron chi connectivity index (χ2n) is 5.51. The van der Waals surface area contributed by atoms with E-state index in [4.69, 9.17) is 8.19 Å². The zero-order valence-corrected chi connectivity index (χ0v) is 16.8. The summed E-state index contributed by atoms with van der Waals surface area (Å²) in [6.07, 6.45) is -4.70. The van der Waals surface area contributed by atoms with Crippen molar-refractivity contribution < 1.29 is 44.7 Å². The molecule has 0 aliphatic heterocycles. The van der Waals surface area contributed by atoms with Crippen LogP contribution in [0.2, 0.25) is 0 Å². The number of para-hydroxylation sites is 1. The van der Waals surface area contributed by atoms with Gasteiger partial charge in [0.05, 0.1) is 10.5 Å². The van der Waals surface area contributed by atoms with Gasteiger partial charge in [0.15, 0.2) is 6.29 Å². The number of nitrogens with one attached hydrogen (secondary N) is 1. The first-order chi connectivity index (χ1) is 13.7. The third-order valence-corrected chi connectivity index (χ3v) is 5.42. The number of nitro benzene ring substituents is 1. The fourth-order valence-electron chi connectivity index (χ4n) is 2.15. The molecule has 30 heavy (non-hydrogen) atoms. The molecular formula is C16H14AsF3N2O8. The van der Waals surface area contributed by atoms with Crippen molar-refractivity contribution in [1.29, 1.82) is 0 Å². The van der Waals surface area contributed by atoms with Gasteiger partial charge in [0.1, 0.15) is 0 Å². The van der Waals surface area contributed by atoms with E-state index in [0.717, 1.165) is 13.0 Å². The number of nitrogens with zero attached hydrogens (tertiary/aromatic N) is 1. The number of carbonyl (C=O) groups is 2. The molecule has 2 rings (SSSR count). The third kappa shape index (κ3) is 6.44. The Morgan fingerprint density at radius 2 is 1.77 bits per heavy atom. The van der Waals surface area contributed by atoms with Crippen molar-refractivity contribution in [3.05, 3.63) is 57.6 Å². The van der Waals surface area contributed by atoms with Gasteiger partial charge in [-0.15, -0.1) is 0 Å². The summed E-state index contributed by atoms with van der Waals surface area (Å²) in [4.78, 5) is 30.6. The minimum atomic E-state index is -5.88. The molecule has 0 bridgehead atoms. The van der Waals surface area contributed by atoms with Crippen LogP contribution >= 0.6 is 0 Å². The molecule has 14 heteroatoms. The molecule has 162 valence electrons. The van der Waals surface area contributed by atoms with Crippen LogP contribution in [0, 0.1) is 10.1 Å². The van der Waals surface area contributed by atoms with Gasteiger partial charge in [-0.25, -0.2) is 0 Å². The molecule has 4 N–H and O–H groups in total. The summed E-state index contributed by atoms with van der Waals surface area (Å²) in [7, 11) is 0. The smallest absolute Gasteiger partial charge is 0.279 e. The van der Waals surface area contributed by atoms with Crippen molar-refractivity contribution in [2.24, 2.45) is 0 Å². The number of amides is 1. The maximum absolute atomic E-state index is 12.8. The van der Waals surface area contributed by atoms with E-state index in [2.05, 4.69) is 0 Å². The number of phenols is 1. The average Bonchev–Trinajstić information content (AvgIpc) is 2.61. The molecule has 0 saturated carbocycles. The van der Waals surface area contributed by atoms with Crippen molar-refractivity contribution in [3.8, 4) is 5.75 Å². The molecule has 0 aromatic heterocycles. The van der Waals surface area contributed by atoms with Crippen LogP contribution in [0.4, 0.5) is 24.5 Å². The van der Waals surface area contributed by atoms with E-state index in [1.807, 2.05) is 5.32 Å². The average molecular weight is 494 g/mol. The largest absolute Gasteiger partial charge is 0.298 e. The number of hydrogen-bond donors (Lipinski definition) is 4. The molecule has 0 aliphatic carbocycles. The molecule has 0 aliphatic rings. The van der Waals surface area contributed by atoms with E-state index in [0.29, 0.717) is 12.4 Å². The van der Waals surface area contributed by atoms with E-state index in [-0.39, 0.29) is 11.3 Å². The summed E-state index contributed by atoms with van der Waals surface area (Å²) >= 11 is -5.88. The van der Waals surface area contributed by atoms with E-state index in [1.165, 1.54) is 18.2 Å². The van der Waals surface area contributed by atoms with E-state index >= 15 is 0 Å². The van der Waals surface area contributed by atoms with Gasteiger partial charge in [0.2, 0.25) is 0 Å². The van der Waals surface area contributed by atoms with Crippen LogP contribution in [0.1, 0.15) is 22.8 Å². The van der Waals surface area contributed by atoms with Crippen molar-refractivity contribution in [1.82, 2.24) is 0 Å². The molecule has 0 spiro atoms. The summed E-state index contributed by atoms with van der Waals surface area (Å²) < 4.78 is 65.8. The van der Waals surface area contributed by atoms with Gasteiger partial charge in [0, 0.05) is 6.07 Å². The molecule has 1 amide bonds. The summed E-state index contributed by atoms with van der Waals surface area (Å²) in [5, 5.41) is 21.6. The molecule has 0 heterocycles. The topological polar surface area (TPSA) is 167 Å². The first-order valence-electron chi connectivity index (χ1n) is 7.65. The third-order valence-electron chi connectivity index (χ3n) is 3.32. The number of aldehydes is 1. The quantitative estimate of drug-likeness (QED) is 0.162. The summed E-state index contributed by atoms with van der Waals surface area (Å²) in [6.45, 7) is 1.01. The minimum absolute atomic E-state index is 0.109. The Hall–Kier alpha value is -3.15. The molecule has 2 aromatic carbocycles. The Morgan fingerprint density at radius 3 is 2.17 bits per heavy atom. The number of phenolic OH excluding ortho intramolecular Hbond substituents is 1. The Bertz CT molecular complexity index is 1020. The second kappa shape index (κ2) is 9.56. The molecule has 2 aromatic rings. The molecule has 0 unspecified atom stereocenters. The SMILES string of the molecule is CC(=O)Nc1ccc([As](=O)(O)O)c(C(F)(F)F)c1O.O=Cc1ccccc1[N+](=O)[O-]. The van der Waals surface area contributed by atoms with Crippen LogP contribution in [-0.2, 0) is 14.7 Å². The fraction of sp³-hybridized carbons (Fsp3) is 0.125. The number of alkyl halides is 3. The number of anilines is 1. The molecule has 0 saturated heterocycles. The number of benzene rings is 2. The van der Waals surface area contributed by atoms with Gasteiger partial charge in [-0.05, 0) is 6.07 Å². The second-order valence-corrected chi connectivity index (χ2v) is 8.81. The summed E-state index contributed by atoms with van der Waals surface area (Å²) in [6, 6.07) is 7.13. The van der Waals surface area contributed by atoms with E-state index in [1.54, 1.807) is 6.07 Å². The number of halogens is 3. The van der Waals surface area contributed by atoms with Gasteiger partial charge in [0.25, 0.3) is 5.69 Å². The molecular weight excluding hydrogens is 480 g/mol. The molecule has 0 atom stereocenters. The van der Waals surface area contributed by atoms with Crippen LogP contribution in [0.5, 0.6) is 5.75 Å². The van der Waals surface area contributed by atoms with Crippen LogP contribution in [-0.4, -0.2) is 44.6 Å². The first-order valence-corrected chi connectivity index (χ1v) is 11.0. The van der Waals surface area contributed by atoms with Crippen molar-refractivity contribution >= 4 is 42.1 Å². The Labute approximate surface area is 169 Å². The Balaban J connectivity index is 0.000000346. The predicted octanol–water partition coefficient (Wildman–Crippen LogP) is 1.34.